The number of anilines is 1. The first kappa shape index (κ1) is 10.5. The molecule has 0 radical (unpaired) electrons. The van der Waals surface area contributed by atoms with Gasteiger partial charge in [-0.1, -0.05) is 12.1 Å². The lowest BCUT2D eigenvalue weighted by molar-refractivity contribution is 0.394. The van der Waals surface area contributed by atoms with Gasteiger partial charge in [0.05, 0.1) is 0 Å². The monoisotopic (exact) mass is 204 g/mol. The topological polar surface area (TPSA) is 29.3 Å². The minimum Gasteiger partial charge on any atom is -0.398 e. The second kappa shape index (κ2) is 4.23. The molecule has 1 atom stereocenters. The van der Waals surface area contributed by atoms with Crippen molar-refractivity contribution in [2.24, 2.45) is 5.92 Å². The van der Waals surface area contributed by atoms with Crippen LogP contribution in [-0.4, -0.2) is 25.0 Å². The average molecular weight is 204 g/mol. The van der Waals surface area contributed by atoms with Crippen LogP contribution in [0.5, 0.6) is 0 Å². The number of likely N-dealkylation sites (tertiary alicyclic amines) is 1. The van der Waals surface area contributed by atoms with E-state index in [4.69, 9.17) is 5.73 Å². The van der Waals surface area contributed by atoms with Gasteiger partial charge in [0.25, 0.3) is 0 Å². The Kier molecular flexibility index (Phi) is 2.96. The maximum Gasteiger partial charge on any atom is 0.0349 e. The van der Waals surface area contributed by atoms with E-state index in [9.17, 15) is 0 Å². The first-order valence-corrected chi connectivity index (χ1v) is 5.68. The highest BCUT2D eigenvalue weighted by Gasteiger charge is 2.20. The highest BCUT2D eigenvalue weighted by Crippen LogP contribution is 2.23. The minimum absolute atomic E-state index is 0.792. The van der Waals surface area contributed by atoms with Gasteiger partial charge in [0, 0.05) is 12.2 Å². The van der Waals surface area contributed by atoms with Gasteiger partial charge < -0.3 is 10.6 Å². The Morgan fingerprint density at radius 2 is 2.27 bits per heavy atom. The van der Waals surface area contributed by atoms with Crippen LogP contribution in [0.1, 0.15) is 17.5 Å². The Bertz CT molecular complexity index is 346. The summed E-state index contributed by atoms with van der Waals surface area (Å²) in [6.45, 7) is 4.53. The zero-order valence-electron chi connectivity index (χ0n) is 9.66. The minimum atomic E-state index is 0.792. The van der Waals surface area contributed by atoms with Crippen molar-refractivity contribution in [1.29, 1.82) is 0 Å². The van der Waals surface area contributed by atoms with E-state index in [2.05, 4.69) is 37.1 Å². The fourth-order valence-electron chi connectivity index (χ4n) is 2.40. The molecule has 1 saturated heterocycles. The maximum absolute atomic E-state index is 6.02. The number of nitrogen functional groups attached to an aromatic ring is 1. The molecule has 0 amide bonds. The summed E-state index contributed by atoms with van der Waals surface area (Å²) in [6, 6.07) is 6.42. The van der Waals surface area contributed by atoms with E-state index in [0.29, 0.717) is 0 Å². The standard InChI is InChI=1S/C13H20N2/c1-10-3-4-12(13(14)7-10)8-11-5-6-15(2)9-11/h3-4,7,11H,5-6,8-9,14H2,1-2H3. The quantitative estimate of drug-likeness (QED) is 0.747. The van der Waals surface area contributed by atoms with Gasteiger partial charge in [-0.15, -0.1) is 0 Å². The molecular weight excluding hydrogens is 184 g/mol. The van der Waals surface area contributed by atoms with E-state index in [1.165, 1.54) is 30.6 Å². The van der Waals surface area contributed by atoms with Crippen molar-refractivity contribution in [3.63, 3.8) is 0 Å². The SMILES string of the molecule is Cc1ccc(CC2CCN(C)C2)c(N)c1. The van der Waals surface area contributed by atoms with Crippen LogP contribution in [0.4, 0.5) is 5.69 Å². The molecule has 2 nitrogen and oxygen atoms in total. The third-order valence-corrected chi connectivity index (χ3v) is 3.30. The fourth-order valence-corrected chi connectivity index (χ4v) is 2.40. The van der Waals surface area contributed by atoms with E-state index in [1.54, 1.807) is 0 Å². The van der Waals surface area contributed by atoms with Crippen molar-refractivity contribution in [1.82, 2.24) is 4.90 Å². The largest absolute Gasteiger partial charge is 0.398 e. The van der Waals surface area contributed by atoms with Gasteiger partial charge in [-0.25, -0.2) is 0 Å². The summed E-state index contributed by atoms with van der Waals surface area (Å²) in [5.74, 6) is 0.792. The summed E-state index contributed by atoms with van der Waals surface area (Å²) in [6.07, 6.45) is 2.44. The van der Waals surface area contributed by atoms with Crippen LogP contribution in [0, 0.1) is 12.8 Å². The highest BCUT2D eigenvalue weighted by molar-refractivity contribution is 5.49. The first-order chi connectivity index (χ1) is 7.15. The van der Waals surface area contributed by atoms with Gasteiger partial charge in [0.15, 0.2) is 0 Å². The highest BCUT2D eigenvalue weighted by atomic mass is 15.1. The van der Waals surface area contributed by atoms with Crippen molar-refractivity contribution < 1.29 is 0 Å². The van der Waals surface area contributed by atoms with Gasteiger partial charge >= 0.3 is 0 Å². The summed E-state index contributed by atoms with van der Waals surface area (Å²) in [5.41, 5.74) is 9.55. The Hall–Kier alpha value is -1.02. The van der Waals surface area contributed by atoms with Gasteiger partial charge in [-0.2, -0.15) is 0 Å². The van der Waals surface area contributed by atoms with Crippen molar-refractivity contribution in [2.45, 2.75) is 19.8 Å². The molecule has 1 aromatic rings. The maximum atomic E-state index is 6.02. The molecule has 15 heavy (non-hydrogen) atoms. The molecular formula is C13H20N2. The van der Waals surface area contributed by atoms with Gasteiger partial charge in [-0.05, 0) is 56.5 Å². The Balaban J connectivity index is 2.04. The van der Waals surface area contributed by atoms with Crippen LogP contribution in [-0.2, 0) is 6.42 Å². The molecule has 1 fully saturated rings. The zero-order chi connectivity index (χ0) is 10.8. The number of aryl methyl sites for hydroxylation is 1. The Morgan fingerprint density at radius 3 is 2.87 bits per heavy atom. The number of benzene rings is 1. The molecule has 1 unspecified atom stereocenters. The lowest BCUT2D eigenvalue weighted by Crippen LogP contribution is -2.15. The van der Waals surface area contributed by atoms with Gasteiger partial charge in [0.2, 0.25) is 0 Å². The first-order valence-electron chi connectivity index (χ1n) is 5.68. The summed E-state index contributed by atoms with van der Waals surface area (Å²) in [7, 11) is 2.19. The number of hydrogen-bond acceptors (Lipinski definition) is 2. The second-order valence-corrected chi connectivity index (χ2v) is 4.82. The molecule has 0 aromatic heterocycles. The summed E-state index contributed by atoms with van der Waals surface area (Å²) in [5, 5.41) is 0. The number of nitrogens with zero attached hydrogens (tertiary/aromatic N) is 1. The predicted octanol–water partition coefficient (Wildman–Crippen LogP) is 2.07. The molecule has 0 saturated carbocycles. The van der Waals surface area contributed by atoms with E-state index < -0.39 is 0 Å². The smallest absolute Gasteiger partial charge is 0.0349 e. The van der Waals surface area contributed by atoms with Crippen LogP contribution < -0.4 is 5.73 Å². The van der Waals surface area contributed by atoms with E-state index in [0.717, 1.165) is 18.0 Å². The van der Waals surface area contributed by atoms with Crippen molar-refractivity contribution in [3.05, 3.63) is 29.3 Å². The van der Waals surface area contributed by atoms with Crippen LogP contribution >= 0.6 is 0 Å². The number of hydrogen-bond donors (Lipinski definition) is 1. The molecule has 0 spiro atoms. The number of nitrogens with two attached hydrogens (primary N) is 1. The summed E-state index contributed by atoms with van der Waals surface area (Å²) >= 11 is 0. The van der Waals surface area contributed by atoms with Crippen LogP contribution in [0.2, 0.25) is 0 Å². The molecule has 2 heteroatoms. The third kappa shape index (κ3) is 2.51. The lowest BCUT2D eigenvalue weighted by Gasteiger charge is -2.12. The van der Waals surface area contributed by atoms with Crippen LogP contribution in [0.25, 0.3) is 0 Å². The predicted molar refractivity (Wildman–Crippen MR) is 64.9 cm³/mol. The molecule has 1 aliphatic rings. The second-order valence-electron chi connectivity index (χ2n) is 4.82. The summed E-state index contributed by atoms with van der Waals surface area (Å²) < 4.78 is 0. The Morgan fingerprint density at radius 1 is 1.47 bits per heavy atom. The normalized spacial score (nSPS) is 22.1. The number of rotatable bonds is 2. The van der Waals surface area contributed by atoms with Gasteiger partial charge in [-0.3, -0.25) is 0 Å². The lowest BCUT2D eigenvalue weighted by atomic mass is 9.97. The van der Waals surface area contributed by atoms with Crippen molar-refractivity contribution in [2.75, 3.05) is 25.9 Å². The van der Waals surface area contributed by atoms with Gasteiger partial charge in [0.1, 0.15) is 0 Å². The third-order valence-electron chi connectivity index (χ3n) is 3.30. The molecule has 82 valence electrons. The van der Waals surface area contributed by atoms with E-state index in [-0.39, 0.29) is 0 Å². The molecule has 0 bridgehead atoms. The Labute approximate surface area is 92.1 Å². The van der Waals surface area contributed by atoms with Crippen molar-refractivity contribution >= 4 is 5.69 Å². The molecule has 1 aromatic carbocycles. The summed E-state index contributed by atoms with van der Waals surface area (Å²) in [4.78, 5) is 2.40. The van der Waals surface area contributed by atoms with Crippen LogP contribution in [0.15, 0.2) is 18.2 Å². The van der Waals surface area contributed by atoms with Crippen molar-refractivity contribution in [3.8, 4) is 0 Å². The molecule has 1 heterocycles. The average Bonchev–Trinajstić information content (AvgIpc) is 2.56. The molecule has 2 N–H and O–H groups in total. The molecule has 0 aliphatic carbocycles. The molecule has 2 rings (SSSR count). The zero-order valence-corrected chi connectivity index (χ0v) is 9.66. The fraction of sp³-hybridized carbons (Fsp3) is 0.538. The molecule has 1 aliphatic heterocycles. The van der Waals surface area contributed by atoms with E-state index >= 15 is 0 Å². The van der Waals surface area contributed by atoms with Crippen LogP contribution in [0.3, 0.4) is 0 Å². The van der Waals surface area contributed by atoms with E-state index in [1.807, 2.05) is 0 Å².